The van der Waals surface area contributed by atoms with Crippen LogP contribution in [0, 0.1) is 5.82 Å². The molecule has 2 rings (SSSR count). The van der Waals surface area contributed by atoms with Crippen LogP contribution in [0.1, 0.15) is 23.0 Å². The molecule has 1 atom stereocenters. The number of rotatable bonds is 8. The number of halogens is 1. The summed E-state index contributed by atoms with van der Waals surface area (Å²) in [5, 5.41) is 9.72. The highest BCUT2D eigenvalue weighted by atomic mass is 19.1. The van der Waals surface area contributed by atoms with Gasteiger partial charge >= 0.3 is 0 Å². The average Bonchev–Trinajstić information content (AvgIpc) is 2.98. The van der Waals surface area contributed by atoms with E-state index in [9.17, 15) is 14.3 Å². The van der Waals surface area contributed by atoms with Crippen molar-refractivity contribution in [1.29, 1.82) is 0 Å². The van der Waals surface area contributed by atoms with Crippen molar-refractivity contribution in [2.24, 2.45) is 0 Å². The summed E-state index contributed by atoms with van der Waals surface area (Å²) in [6.45, 7) is 1.57. The minimum atomic E-state index is -0.856. The molecule has 0 saturated heterocycles. The molecule has 0 aliphatic rings. The van der Waals surface area contributed by atoms with Crippen LogP contribution in [0.5, 0.6) is 5.75 Å². The molecular formula is C16H17FO5. The van der Waals surface area contributed by atoms with Crippen molar-refractivity contribution >= 4 is 5.78 Å². The van der Waals surface area contributed by atoms with Crippen molar-refractivity contribution in [2.45, 2.75) is 19.6 Å². The molecule has 1 heterocycles. The number of benzene rings is 1. The lowest BCUT2D eigenvalue weighted by atomic mass is 10.1. The van der Waals surface area contributed by atoms with Crippen molar-refractivity contribution in [2.75, 3.05) is 13.2 Å². The summed E-state index contributed by atoms with van der Waals surface area (Å²) in [7, 11) is 0. The summed E-state index contributed by atoms with van der Waals surface area (Å²) in [5.74, 6) is -0.0911. The van der Waals surface area contributed by atoms with Crippen LogP contribution < -0.4 is 4.74 Å². The Balaban J connectivity index is 1.75. The predicted octanol–water partition coefficient (Wildman–Crippen LogP) is 2.58. The molecule has 0 aliphatic carbocycles. The first-order valence-electron chi connectivity index (χ1n) is 6.77. The van der Waals surface area contributed by atoms with Gasteiger partial charge in [0.25, 0.3) is 0 Å². The molecule has 0 fully saturated rings. The SMILES string of the molecule is CC(=O)c1ccc(OCC(O)COCc2ccco2)cc1F. The number of carbonyl (C=O) groups excluding carboxylic acids is 1. The minimum Gasteiger partial charge on any atom is -0.491 e. The van der Waals surface area contributed by atoms with Gasteiger partial charge in [0.2, 0.25) is 0 Å². The number of ketones is 1. The summed E-state index contributed by atoms with van der Waals surface area (Å²) >= 11 is 0. The van der Waals surface area contributed by atoms with E-state index in [0.29, 0.717) is 5.76 Å². The van der Waals surface area contributed by atoms with Crippen LogP contribution in [0.2, 0.25) is 0 Å². The Morgan fingerprint density at radius 1 is 1.36 bits per heavy atom. The van der Waals surface area contributed by atoms with E-state index in [2.05, 4.69) is 0 Å². The van der Waals surface area contributed by atoms with Crippen LogP contribution in [0.25, 0.3) is 0 Å². The van der Waals surface area contributed by atoms with Gasteiger partial charge in [-0.1, -0.05) is 0 Å². The van der Waals surface area contributed by atoms with Crippen molar-refractivity contribution in [3.05, 3.63) is 53.7 Å². The first-order valence-corrected chi connectivity index (χ1v) is 6.77. The predicted molar refractivity (Wildman–Crippen MR) is 76.3 cm³/mol. The Morgan fingerprint density at radius 3 is 2.82 bits per heavy atom. The summed E-state index contributed by atoms with van der Waals surface area (Å²) in [6.07, 6.45) is 0.683. The van der Waals surface area contributed by atoms with Gasteiger partial charge in [0.15, 0.2) is 5.78 Å². The lowest BCUT2D eigenvalue weighted by Gasteiger charge is -2.13. The molecule has 1 unspecified atom stereocenters. The number of aliphatic hydroxyl groups excluding tert-OH is 1. The summed E-state index contributed by atoms with van der Waals surface area (Å²) in [5.41, 5.74) is 0.00896. The van der Waals surface area contributed by atoms with Crippen LogP contribution in [-0.2, 0) is 11.3 Å². The second-order valence-corrected chi connectivity index (χ2v) is 4.76. The Hall–Kier alpha value is -2.18. The molecule has 22 heavy (non-hydrogen) atoms. The molecule has 0 bridgehead atoms. The molecule has 0 radical (unpaired) electrons. The van der Waals surface area contributed by atoms with Gasteiger partial charge in [-0.05, 0) is 31.2 Å². The Kier molecular flexibility index (Phi) is 5.68. The largest absolute Gasteiger partial charge is 0.491 e. The molecule has 2 aromatic rings. The molecule has 1 aromatic carbocycles. The van der Waals surface area contributed by atoms with E-state index < -0.39 is 11.9 Å². The van der Waals surface area contributed by atoms with Crippen molar-refractivity contribution in [3.8, 4) is 5.75 Å². The maximum atomic E-state index is 13.6. The maximum Gasteiger partial charge on any atom is 0.162 e. The smallest absolute Gasteiger partial charge is 0.162 e. The van der Waals surface area contributed by atoms with E-state index in [0.717, 1.165) is 6.07 Å². The Bertz CT molecular complexity index is 609. The summed E-state index contributed by atoms with van der Waals surface area (Å²) in [6, 6.07) is 7.47. The second kappa shape index (κ2) is 7.72. The molecule has 6 heteroatoms. The quantitative estimate of drug-likeness (QED) is 0.759. The second-order valence-electron chi connectivity index (χ2n) is 4.76. The third-order valence-electron chi connectivity index (χ3n) is 2.90. The molecule has 0 aliphatic heterocycles. The van der Waals surface area contributed by atoms with E-state index in [1.165, 1.54) is 25.3 Å². The molecule has 0 amide bonds. The number of carbonyl (C=O) groups is 1. The third kappa shape index (κ3) is 4.68. The highest BCUT2D eigenvalue weighted by molar-refractivity contribution is 5.94. The fraction of sp³-hybridized carbons (Fsp3) is 0.312. The fourth-order valence-electron chi connectivity index (χ4n) is 1.80. The Labute approximate surface area is 127 Å². The highest BCUT2D eigenvalue weighted by Crippen LogP contribution is 2.17. The van der Waals surface area contributed by atoms with Crippen molar-refractivity contribution in [1.82, 2.24) is 0 Å². The monoisotopic (exact) mass is 308 g/mol. The molecule has 5 nitrogen and oxygen atoms in total. The first-order chi connectivity index (χ1) is 10.6. The van der Waals surface area contributed by atoms with Gasteiger partial charge in [-0.15, -0.1) is 0 Å². The normalized spacial score (nSPS) is 12.1. The molecular weight excluding hydrogens is 291 g/mol. The molecule has 0 spiro atoms. The lowest BCUT2D eigenvalue weighted by molar-refractivity contribution is 0.000828. The third-order valence-corrected chi connectivity index (χ3v) is 2.90. The van der Waals surface area contributed by atoms with Crippen molar-refractivity contribution in [3.63, 3.8) is 0 Å². The number of Topliss-reactive ketones (excluding diaryl/α,β-unsaturated/α-hetero) is 1. The number of ether oxygens (including phenoxy) is 2. The molecule has 0 saturated carbocycles. The first kappa shape index (κ1) is 16.2. The minimum absolute atomic E-state index is 0.00896. The molecule has 118 valence electrons. The topological polar surface area (TPSA) is 68.9 Å². The lowest BCUT2D eigenvalue weighted by Crippen LogP contribution is -2.23. The average molecular weight is 308 g/mol. The van der Waals surface area contributed by atoms with Crippen LogP contribution >= 0.6 is 0 Å². The van der Waals surface area contributed by atoms with Gasteiger partial charge in [0.1, 0.15) is 36.6 Å². The maximum absolute atomic E-state index is 13.6. The summed E-state index contributed by atoms with van der Waals surface area (Å²) in [4.78, 5) is 11.1. The fourth-order valence-corrected chi connectivity index (χ4v) is 1.80. The van der Waals surface area contributed by atoms with Crippen LogP contribution in [0.15, 0.2) is 41.0 Å². The summed E-state index contributed by atoms with van der Waals surface area (Å²) < 4.78 is 29.2. The van der Waals surface area contributed by atoms with Gasteiger partial charge in [-0.25, -0.2) is 4.39 Å². The van der Waals surface area contributed by atoms with Gasteiger partial charge in [-0.3, -0.25) is 4.79 Å². The van der Waals surface area contributed by atoms with E-state index >= 15 is 0 Å². The van der Waals surface area contributed by atoms with E-state index in [1.54, 1.807) is 12.1 Å². The van der Waals surface area contributed by atoms with Crippen LogP contribution in [0.4, 0.5) is 4.39 Å². The number of hydrogen-bond donors (Lipinski definition) is 1. The Morgan fingerprint density at radius 2 is 2.18 bits per heavy atom. The highest BCUT2D eigenvalue weighted by Gasteiger charge is 2.10. The zero-order valence-electron chi connectivity index (χ0n) is 12.1. The van der Waals surface area contributed by atoms with Gasteiger partial charge < -0.3 is 19.0 Å². The standard InChI is InChI=1S/C16H17FO5/c1-11(18)15-5-4-13(7-16(15)17)22-9-12(19)8-20-10-14-3-2-6-21-14/h2-7,12,19H,8-10H2,1H3. The number of aliphatic hydroxyl groups is 1. The van der Waals surface area contributed by atoms with Crippen LogP contribution in [-0.4, -0.2) is 30.2 Å². The van der Waals surface area contributed by atoms with Crippen molar-refractivity contribution < 1.29 is 28.2 Å². The van der Waals surface area contributed by atoms with Gasteiger partial charge in [0.05, 0.1) is 18.4 Å². The number of furan rings is 1. The molecule has 1 N–H and O–H groups in total. The van der Waals surface area contributed by atoms with E-state index in [-0.39, 0.29) is 36.9 Å². The van der Waals surface area contributed by atoms with E-state index in [1.807, 2.05) is 0 Å². The zero-order chi connectivity index (χ0) is 15.9. The zero-order valence-corrected chi connectivity index (χ0v) is 12.1. The molecule has 1 aromatic heterocycles. The van der Waals surface area contributed by atoms with Gasteiger partial charge in [0, 0.05) is 6.07 Å². The number of hydrogen-bond acceptors (Lipinski definition) is 5. The van der Waals surface area contributed by atoms with E-state index in [4.69, 9.17) is 13.9 Å². The van der Waals surface area contributed by atoms with Crippen LogP contribution in [0.3, 0.4) is 0 Å². The van der Waals surface area contributed by atoms with Gasteiger partial charge in [-0.2, -0.15) is 0 Å².